The van der Waals surface area contributed by atoms with Gasteiger partial charge in [-0.2, -0.15) is 0 Å². The Balaban J connectivity index is 1.69. The average molecular weight is 432 g/mol. The number of aryl methyl sites for hydroxylation is 2. The van der Waals surface area contributed by atoms with Crippen LogP contribution in [0.4, 0.5) is 8.78 Å². The highest BCUT2D eigenvalue weighted by atomic mass is 32.1. The summed E-state index contributed by atoms with van der Waals surface area (Å²) in [7, 11) is 0. The van der Waals surface area contributed by atoms with E-state index in [2.05, 4.69) is 35.8 Å². The molecule has 1 aliphatic carbocycles. The summed E-state index contributed by atoms with van der Waals surface area (Å²) >= 11 is 5.21. The highest BCUT2D eigenvalue weighted by molar-refractivity contribution is 7.80. The molecule has 3 nitrogen and oxygen atoms in total. The van der Waals surface area contributed by atoms with Crippen LogP contribution in [-0.4, -0.2) is 23.6 Å². The molecule has 0 aromatic heterocycles. The number of fused-ring (bicyclic) bond motifs is 1. The summed E-state index contributed by atoms with van der Waals surface area (Å²) in [5.41, 5.74) is 11.2. The Labute approximate surface area is 183 Å². The van der Waals surface area contributed by atoms with Crippen molar-refractivity contribution < 1.29 is 8.78 Å². The zero-order valence-corrected chi connectivity index (χ0v) is 18.5. The van der Waals surface area contributed by atoms with Gasteiger partial charge in [0.2, 0.25) is 0 Å². The van der Waals surface area contributed by atoms with Crippen molar-refractivity contribution in [3.05, 3.63) is 70.3 Å². The molecule has 0 saturated carbocycles. The largest absolute Gasteiger partial charge is 0.375 e. The first-order valence-electron chi connectivity index (χ1n) is 10.7. The normalized spacial score (nSPS) is 17.8. The molecule has 162 valence electrons. The molecule has 0 saturated heterocycles. The van der Waals surface area contributed by atoms with Gasteiger partial charge in [0, 0.05) is 30.7 Å². The molecule has 2 aromatic rings. The van der Waals surface area contributed by atoms with Crippen LogP contribution in [0.3, 0.4) is 0 Å². The summed E-state index contributed by atoms with van der Waals surface area (Å²) < 4.78 is 27.2. The molecule has 3 rings (SSSR count). The van der Waals surface area contributed by atoms with Crippen LogP contribution in [0.2, 0.25) is 0 Å². The first-order chi connectivity index (χ1) is 14.4. The Kier molecular flexibility index (Phi) is 7.92. The smallest absolute Gasteiger partial charge is 0.126 e. The van der Waals surface area contributed by atoms with Gasteiger partial charge in [0.25, 0.3) is 0 Å². The van der Waals surface area contributed by atoms with Gasteiger partial charge in [0.05, 0.1) is 4.99 Å². The van der Waals surface area contributed by atoms with E-state index in [1.165, 1.54) is 28.8 Å². The molecule has 0 radical (unpaired) electrons. The second-order valence-electron chi connectivity index (χ2n) is 8.19. The summed E-state index contributed by atoms with van der Waals surface area (Å²) in [6.45, 7) is 4.54. The summed E-state index contributed by atoms with van der Waals surface area (Å²) in [5.74, 6) is -1.17. The van der Waals surface area contributed by atoms with E-state index in [0.29, 0.717) is 23.5 Å². The van der Waals surface area contributed by atoms with Crippen molar-refractivity contribution in [2.75, 3.05) is 6.54 Å². The molecule has 3 atom stereocenters. The Hall–Kier alpha value is -1.89. The summed E-state index contributed by atoms with van der Waals surface area (Å²) in [5, 5.41) is 6.85. The molecular formula is C24H31F2N3S. The van der Waals surface area contributed by atoms with Crippen LogP contribution in [0.1, 0.15) is 55.0 Å². The molecule has 6 heteroatoms. The van der Waals surface area contributed by atoms with E-state index < -0.39 is 11.6 Å². The fraction of sp³-hybridized carbons (Fsp3) is 0.458. The van der Waals surface area contributed by atoms with E-state index in [0.717, 1.165) is 31.7 Å². The van der Waals surface area contributed by atoms with Gasteiger partial charge < -0.3 is 16.4 Å². The molecule has 0 aliphatic heterocycles. The van der Waals surface area contributed by atoms with Gasteiger partial charge in [-0.1, -0.05) is 37.3 Å². The van der Waals surface area contributed by atoms with E-state index in [4.69, 9.17) is 18.0 Å². The van der Waals surface area contributed by atoms with E-state index in [1.807, 2.05) is 0 Å². The van der Waals surface area contributed by atoms with Crippen LogP contribution in [-0.2, 0) is 19.3 Å². The van der Waals surface area contributed by atoms with Gasteiger partial charge in [-0.25, -0.2) is 8.78 Å². The minimum Gasteiger partial charge on any atom is -0.375 e. The van der Waals surface area contributed by atoms with Gasteiger partial charge >= 0.3 is 0 Å². The third-order valence-corrected chi connectivity index (χ3v) is 5.93. The van der Waals surface area contributed by atoms with Crippen LogP contribution >= 0.6 is 12.2 Å². The van der Waals surface area contributed by atoms with Gasteiger partial charge in [-0.05, 0) is 73.4 Å². The maximum absolute atomic E-state index is 13.6. The minimum atomic E-state index is -0.583. The highest BCUT2D eigenvalue weighted by Crippen LogP contribution is 2.30. The molecule has 0 amide bonds. The van der Waals surface area contributed by atoms with Crippen molar-refractivity contribution in [1.29, 1.82) is 0 Å². The van der Waals surface area contributed by atoms with E-state index >= 15 is 0 Å². The number of hydrogen-bond acceptors (Lipinski definition) is 3. The lowest BCUT2D eigenvalue weighted by molar-refractivity contribution is 0.398. The lowest BCUT2D eigenvalue weighted by Gasteiger charge is -2.31. The van der Waals surface area contributed by atoms with Crippen LogP contribution in [0.15, 0.2) is 36.4 Å². The second-order valence-corrected chi connectivity index (χ2v) is 8.80. The topological polar surface area (TPSA) is 50.1 Å². The molecule has 2 aromatic carbocycles. The Bertz CT molecular complexity index is 866. The lowest BCUT2D eigenvalue weighted by Crippen LogP contribution is -2.53. The quantitative estimate of drug-likeness (QED) is 0.543. The van der Waals surface area contributed by atoms with Gasteiger partial charge in [0.15, 0.2) is 0 Å². The monoisotopic (exact) mass is 431 g/mol. The van der Waals surface area contributed by atoms with Crippen LogP contribution in [0, 0.1) is 11.6 Å². The maximum atomic E-state index is 13.6. The van der Waals surface area contributed by atoms with Crippen molar-refractivity contribution in [2.24, 2.45) is 5.73 Å². The summed E-state index contributed by atoms with van der Waals surface area (Å²) in [4.78, 5) is 0.614. The lowest BCUT2D eigenvalue weighted by atomic mass is 9.86. The van der Waals surface area contributed by atoms with E-state index in [1.54, 1.807) is 6.92 Å². The van der Waals surface area contributed by atoms with E-state index in [-0.39, 0.29) is 18.1 Å². The fourth-order valence-electron chi connectivity index (χ4n) is 4.25. The standard InChI is InChI=1S/C24H31F2N3S/c1-3-16-7-8-18-5-4-6-23(21(18)11-16)28-14-22(27)24(29-15(2)30)12-17-9-19(25)13-20(26)10-17/h7-11,13,22-24,28H,3-6,12,14,27H2,1-2H3,(H,29,30)/t22-,23+,24?/m1/s1. The molecule has 30 heavy (non-hydrogen) atoms. The number of rotatable bonds is 8. The van der Waals surface area contributed by atoms with Gasteiger partial charge in [-0.3, -0.25) is 0 Å². The number of halogens is 2. The Morgan fingerprint density at radius 1 is 1.17 bits per heavy atom. The van der Waals surface area contributed by atoms with Crippen LogP contribution in [0.25, 0.3) is 0 Å². The SMILES string of the molecule is CCc1ccc2c(c1)[C@@H](NC[C@@H](N)C(Cc1cc(F)cc(F)c1)NC(C)=S)CCC2. The van der Waals surface area contributed by atoms with Crippen molar-refractivity contribution >= 4 is 17.2 Å². The minimum absolute atomic E-state index is 0.221. The predicted molar refractivity (Wildman–Crippen MR) is 123 cm³/mol. The number of hydrogen-bond donors (Lipinski definition) is 3. The first-order valence-corrected chi connectivity index (χ1v) is 11.1. The third-order valence-electron chi connectivity index (χ3n) is 5.82. The second kappa shape index (κ2) is 10.4. The van der Waals surface area contributed by atoms with Crippen molar-refractivity contribution in [1.82, 2.24) is 10.6 Å². The predicted octanol–water partition coefficient (Wildman–Crippen LogP) is 4.37. The number of thiocarbonyl (C=S) groups is 1. The van der Waals surface area contributed by atoms with Crippen molar-refractivity contribution in [3.8, 4) is 0 Å². The first kappa shape index (κ1) is 22.8. The number of nitrogens with one attached hydrogen (secondary N) is 2. The van der Waals surface area contributed by atoms with Gasteiger partial charge in [0.1, 0.15) is 11.6 Å². The van der Waals surface area contributed by atoms with Crippen molar-refractivity contribution in [2.45, 2.75) is 64.1 Å². The zero-order chi connectivity index (χ0) is 21.7. The molecule has 0 bridgehead atoms. The average Bonchev–Trinajstić information content (AvgIpc) is 2.70. The Morgan fingerprint density at radius 2 is 1.90 bits per heavy atom. The molecule has 1 aliphatic rings. The van der Waals surface area contributed by atoms with Crippen molar-refractivity contribution in [3.63, 3.8) is 0 Å². The highest BCUT2D eigenvalue weighted by Gasteiger charge is 2.24. The number of nitrogens with two attached hydrogens (primary N) is 1. The molecule has 4 N–H and O–H groups in total. The summed E-state index contributed by atoms with van der Waals surface area (Å²) in [6.07, 6.45) is 4.75. The van der Waals surface area contributed by atoms with Crippen LogP contribution in [0.5, 0.6) is 0 Å². The number of benzene rings is 2. The molecular weight excluding hydrogens is 400 g/mol. The maximum Gasteiger partial charge on any atom is 0.126 e. The Morgan fingerprint density at radius 3 is 2.57 bits per heavy atom. The molecule has 0 heterocycles. The zero-order valence-electron chi connectivity index (χ0n) is 17.7. The molecule has 0 fully saturated rings. The van der Waals surface area contributed by atoms with Gasteiger partial charge in [-0.15, -0.1) is 0 Å². The van der Waals surface area contributed by atoms with Crippen LogP contribution < -0.4 is 16.4 Å². The molecule has 0 spiro atoms. The van der Waals surface area contributed by atoms with E-state index in [9.17, 15) is 8.78 Å². The molecule has 1 unspecified atom stereocenters. The fourth-order valence-corrected chi connectivity index (χ4v) is 4.41. The third kappa shape index (κ3) is 6.06. The summed E-state index contributed by atoms with van der Waals surface area (Å²) in [6, 6.07) is 10.1.